The lowest BCUT2D eigenvalue weighted by atomic mass is 9.91. The summed E-state index contributed by atoms with van der Waals surface area (Å²) in [4.78, 5) is 4.08. The Bertz CT molecular complexity index is 372. The fourth-order valence-corrected chi connectivity index (χ4v) is 2.20. The molecule has 0 aliphatic carbocycles. The van der Waals surface area contributed by atoms with E-state index in [9.17, 15) is 0 Å². The third-order valence-corrected chi connectivity index (χ3v) is 2.99. The van der Waals surface area contributed by atoms with Gasteiger partial charge in [-0.25, -0.2) is 4.98 Å². The minimum Gasteiger partial charge on any atom is -0.315 e. The highest BCUT2D eigenvalue weighted by molar-refractivity contribution is 9.10. The molecule has 1 aliphatic rings. The van der Waals surface area contributed by atoms with Crippen LogP contribution in [0.25, 0.3) is 0 Å². The van der Waals surface area contributed by atoms with Gasteiger partial charge >= 0.3 is 0 Å². The Morgan fingerprint density at radius 2 is 2.43 bits per heavy atom. The molecule has 4 heteroatoms. The molecule has 1 fully saturated rings. The van der Waals surface area contributed by atoms with Gasteiger partial charge in [0.05, 0.1) is 12.0 Å². The van der Waals surface area contributed by atoms with Gasteiger partial charge in [-0.1, -0.05) is 0 Å². The number of aromatic nitrogens is 1. The molecule has 1 N–H and O–H groups in total. The highest BCUT2D eigenvalue weighted by Crippen LogP contribution is 2.28. The van der Waals surface area contributed by atoms with E-state index in [2.05, 4.69) is 32.3 Å². The summed E-state index contributed by atoms with van der Waals surface area (Å²) in [5.41, 5.74) is 1.18. The standard InChI is InChI=1S/C10H10BrN3/c11-10-3-7(1-2-14-10)9-6-13-5-8(9)4-12/h1-3,8-9,13H,5-6H2. The van der Waals surface area contributed by atoms with Crippen molar-refractivity contribution in [2.75, 3.05) is 13.1 Å². The number of nitrogens with one attached hydrogen (secondary N) is 1. The summed E-state index contributed by atoms with van der Waals surface area (Å²) in [5.74, 6) is 0.392. The Labute approximate surface area is 91.3 Å². The molecule has 0 aromatic carbocycles. The summed E-state index contributed by atoms with van der Waals surface area (Å²) in [7, 11) is 0. The second-order valence-electron chi connectivity index (χ2n) is 3.41. The molecular formula is C10H10BrN3. The second-order valence-corrected chi connectivity index (χ2v) is 4.22. The van der Waals surface area contributed by atoms with Gasteiger partial charge in [0, 0.05) is 25.2 Å². The van der Waals surface area contributed by atoms with Crippen molar-refractivity contribution < 1.29 is 0 Å². The molecule has 2 unspecified atom stereocenters. The van der Waals surface area contributed by atoms with Crippen LogP contribution in [0, 0.1) is 17.2 Å². The van der Waals surface area contributed by atoms with Crippen molar-refractivity contribution in [3.05, 3.63) is 28.5 Å². The zero-order valence-electron chi connectivity index (χ0n) is 7.57. The average molecular weight is 252 g/mol. The molecule has 72 valence electrons. The number of pyridine rings is 1. The topological polar surface area (TPSA) is 48.7 Å². The lowest BCUT2D eigenvalue weighted by molar-refractivity contribution is 0.645. The number of hydrogen-bond donors (Lipinski definition) is 1. The Kier molecular flexibility index (Phi) is 2.80. The molecule has 0 radical (unpaired) electrons. The van der Waals surface area contributed by atoms with Crippen LogP contribution in [-0.2, 0) is 0 Å². The molecule has 0 saturated carbocycles. The molecule has 1 aromatic heterocycles. The maximum atomic E-state index is 8.95. The molecule has 0 spiro atoms. The quantitative estimate of drug-likeness (QED) is 0.773. The SMILES string of the molecule is N#CC1CNCC1c1ccnc(Br)c1. The summed E-state index contributed by atoms with van der Waals surface area (Å²) < 4.78 is 0.832. The van der Waals surface area contributed by atoms with Gasteiger partial charge in [0.25, 0.3) is 0 Å². The molecule has 1 saturated heterocycles. The van der Waals surface area contributed by atoms with Crippen LogP contribution in [0.2, 0.25) is 0 Å². The van der Waals surface area contributed by atoms with E-state index in [4.69, 9.17) is 5.26 Å². The van der Waals surface area contributed by atoms with Crippen LogP contribution in [-0.4, -0.2) is 18.1 Å². The predicted molar refractivity (Wildman–Crippen MR) is 56.7 cm³/mol. The summed E-state index contributed by atoms with van der Waals surface area (Å²) in [6.07, 6.45) is 1.77. The molecule has 1 aliphatic heterocycles. The molecule has 14 heavy (non-hydrogen) atoms. The van der Waals surface area contributed by atoms with Gasteiger partial charge in [-0.15, -0.1) is 0 Å². The van der Waals surface area contributed by atoms with Crippen LogP contribution in [0.4, 0.5) is 0 Å². The van der Waals surface area contributed by atoms with E-state index in [1.807, 2.05) is 12.1 Å². The van der Waals surface area contributed by atoms with E-state index in [0.717, 1.165) is 17.7 Å². The number of rotatable bonds is 1. The fourth-order valence-electron chi connectivity index (χ4n) is 1.81. The fraction of sp³-hybridized carbons (Fsp3) is 0.400. The Balaban J connectivity index is 2.27. The maximum absolute atomic E-state index is 8.95. The van der Waals surface area contributed by atoms with Gasteiger partial charge in [-0.05, 0) is 33.6 Å². The van der Waals surface area contributed by atoms with Crippen molar-refractivity contribution in [2.24, 2.45) is 5.92 Å². The first kappa shape index (κ1) is 9.63. The molecule has 3 nitrogen and oxygen atoms in total. The van der Waals surface area contributed by atoms with Crippen molar-refractivity contribution in [3.8, 4) is 6.07 Å². The van der Waals surface area contributed by atoms with E-state index in [1.54, 1.807) is 6.20 Å². The van der Waals surface area contributed by atoms with E-state index in [0.29, 0.717) is 5.92 Å². The number of halogens is 1. The first-order valence-corrected chi connectivity index (χ1v) is 5.32. The molecule has 2 heterocycles. The zero-order valence-corrected chi connectivity index (χ0v) is 9.16. The lowest BCUT2D eigenvalue weighted by Gasteiger charge is -2.12. The smallest absolute Gasteiger partial charge is 0.106 e. The van der Waals surface area contributed by atoms with Gasteiger partial charge in [0.1, 0.15) is 4.60 Å². The highest BCUT2D eigenvalue weighted by atomic mass is 79.9. The van der Waals surface area contributed by atoms with Crippen molar-refractivity contribution in [1.29, 1.82) is 5.26 Å². The zero-order chi connectivity index (χ0) is 9.97. The Morgan fingerprint density at radius 3 is 3.14 bits per heavy atom. The molecule has 2 rings (SSSR count). The highest BCUT2D eigenvalue weighted by Gasteiger charge is 2.28. The first-order chi connectivity index (χ1) is 6.81. The third-order valence-electron chi connectivity index (χ3n) is 2.56. The van der Waals surface area contributed by atoms with E-state index in [-0.39, 0.29) is 5.92 Å². The molecular weight excluding hydrogens is 242 g/mol. The normalized spacial score (nSPS) is 26.0. The minimum absolute atomic E-state index is 0.0873. The van der Waals surface area contributed by atoms with Crippen molar-refractivity contribution >= 4 is 15.9 Å². The van der Waals surface area contributed by atoms with Crippen LogP contribution < -0.4 is 5.32 Å². The lowest BCUT2D eigenvalue weighted by Crippen LogP contribution is -2.08. The second kappa shape index (κ2) is 4.07. The minimum atomic E-state index is 0.0873. The van der Waals surface area contributed by atoms with E-state index < -0.39 is 0 Å². The van der Waals surface area contributed by atoms with E-state index in [1.165, 1.54) is 5.56 Å². The van der Waals surface area contributed by atoms with Crippen LogP contribution in [0.3, 0.4) is 0 Å². The van der Waals surface area contributed by atoms with Crippen molar-refractivity contribution in [1.82, 2.24) is 10.3 Å². The average Bonchev–Trinajstić information content (AvgIpc) is 2.65. The van der Waals surface area contributed by atoms with Gasteiger partial charge in [0.15, 0.2) is 0 Å². The number of nitrogens with zero attached hydrogens (tertiary/aromatic N) is 2. The Hall–Kier alpha value is -0.920. The van der Waals surface area contributed by atoms with Crippen LogP contribution in [0.1, 0.15) is 11.5 Å². The van der Waals surface area contributed by atoms with Crippen LogP contribution >= 0.6 is 15.9 Å². The van der Waals surface area contributed by atoms with Gasteiger partial charge in [-0.2, -0.15) is 5.26 Å². The molecule has 0 amide bonds. The Morgan fingerprint density at radius 1 is 1.57 bits per heavy atom. The summed E-state index contributed by atoms with van der Waals surface area (Å²) in [6.45, 7) is 1.68. The molecule has 0 bridgehead atoms. The van der Waals surface area contributed by atoms with Crippen LogP contribution in [0.5, 0.6) is 0 Å². The van der Waals surface area contributed by atoms with E-state index >= 15 is 0 Å². The monoisotopic (exact) mass is 251 g/mol. The summed E-state index contributed by atoms with van der Waals surface area (Å²) in [6, 6.07) is 6.30. The van der Waals surface area contributed by atoms with Gasteiger partial charge < -0.3 is 5.32 Å². The van der Waals surface area contributed by atoms with Crippen molar-refractivity contribution in [2.45, 2.75) is 5.92 Å². The number of nitriles is 1. The summed E-state index contributed by atoms with van der Waals surface area (Å²) >= 11 is 3.34. The van der Waals surface area contributed by atoms with Gasteiger partial charge in [0.2, 0.25) is 0 Å². The first-order valence-electron chi connectivity index (χ1n) is 4.53. The largest absolute Gasteiger partial charge is 0.315 e. The summed E-state index contributed by atoms with van der Waals surface area (Å²) in [5, 5.41) is 12.2. The third kappa shape index (κ3) is 1.79. The molecule has 1 aromatic rings. The van der Waals surface area contributed by atoms with Gasteiger partial charge in [-0.3, -0.25) is 0 Å². The molecule has 2 atom stereocenters. The van der Waals surface area contributed by atoms with Crippen LogP contribution in [0.15, 0.2) is 22.9 Å². The predicted octanol–water partition coefficient (Wildman–Crippen LogP) is 1.67. The maximum Gasteiger partial charge on any atom is 0.106 e. The van der Waals surface area contributed by atoms with Crippen molar-refractivity contribution in [3.63, 3.8) is 0 Å². The number of hydrogen-bond acceptors (Lipinski definition) is 3.